The van der Waals surface area contributed by atoms with E-state index in [4.69, 9.17) is 9.47 Å². The smallest absolute Gasteiger partial charge is 0.314 e. The predicted octanol–water partition coefficient (Wildman–Crippen LogP) is 3.69. The Morgan fingerprint density at radius 1 is 1.29 bits per heavy atom. The molecule has 0 atom stereocenters. The number of halogens is 1. The number of nitro groups is 1. The fraction of sp³-hybridized carbons (Fsp3) is 0.188. The van der Waals surface area contributed by atoms with Gasteiger partial charge in [-0.2, -0.15) is 0 Å². The number of nitrogens with zero attached hydrogens (tertiary/aromatic N) is 1. The molecule has 0 aliphatic carbocycles. The Kier molecular flexibility index (Phi) is 5.75. The number of benzene rings is 2. The van der Waals surface area contributed by atoms with Crippen LogP contribution in [0.2, 0.25) is 0 Å². The number of aryl methyl sites for hydroxylation is 1. The molecule has 2 aromatic rings. The summed E-state index contributed by atoms with van der Waals surface area (Å²) in [5.41, 5.74) is 1.38. The van der Waals surface area contributed by atoms with Crippen molar-refractivity contribution in [1.82, 2.24) is 0 Å². The summed E-state index contributed by atoms with van der Waals surface area (Å²) in [7, 11) is 1.41. The van der Waals surface area contributed by atoms with Crippen LogP contribution in [-0.4, -0.2) is 24.5 Å². The van der Waals surface area contributed by atoms with Crippen molar-refractivity contribution in [3.8, 4) is 11.5 Å². The highest BCUT2D eigenvalue weighted by Crippen LogP contribution is 2.31. The van der Waals surface area contributed by atoms with Gasteiger partial charge in [0.2, 0.25) is 0 Å². The highest BCUT2D eigenvalue weighted by Gasteiger charge is 2.17. The summed E-state index contributed by atoms with van der Waals surface area (Å²) in [6.07, 6.45) is 0. The van der Waals surface area contributed by atoms with Crippen molar-refractivity contribution < 1.29 is 19.2 Å². The zero-order valence-electron chi connectivity index (χ0n) is 13.0. The first-order chi connectivity index (χ1) is 11.4. The van der Waals surface area contributed by atoms with Crippen LogP contribution >= 0.6 is 15.9 Å². The number of rotatable bonds is 6. The van der Waals surface area contributed by atoms with Gasteiger partial charge in [0.1, 0.15) is 5.75 Å². The SMILES string of the molecule is COc1ccc(OCC(=O)Nc2ccc(C)c(Br)c2)c([N+](=O)[O-])c1. The van der Waals surface area contributed by atoms with E-state index >= 15 is 0 Å². The molecular weight excluding hydrogens is 380 g/mol. The molecule has 1 amide bonds. The van der Waals surface area contributed by atoms with E-state index in [1.165, 1.54) is 25.3 Å². The van der Waals surface area contributed by atoms with E-state index in [0.29, 0.717) is 11.4 Å². The Labute approximate surface area is 146 Å². The van der Waals surface area contributed by atoms with E-state index in [-0.39, 0.29) is 18.0 Å². The number of carbonyl (C=O) groups is 1. The van der Waals surface area contributed by atoms with Crippen LogP contribution in [0.25, 0.3) is 0 Å². The zero-order chi connectivity index (χ0) is 17.7. The van der Waals surface area contributed by atoms with Gasteiger partial charge < -0.3 is 14.8 Å². The number of hydrogen-bond acceptors (Lipinski definition) is 5. The molecule has 0 aromatic heterocycles. The normalized spacial score (nSPS) is 10.1. The maximum Gasteiger partial charge on any atom is 0.314 e. The topological polar surface area (TPSA) is 90.7 Å². The molecule has 0 saturated carbocycles. The summed E-state index contributed by atoms with van der Waals surface area (Å²) in [6.45, 7) is 1.58. The lowest BCUT2D eigenvalue weighted by Gasteiger charge is -2.09. The van der Waals surface area contributed by atoms with E-state index in [9.17, 15) is 14.9 Å². The van der Waals surface area contributed by atoms with Crippen LogP contribution in [0, 0.1) is 17.0 Å². The van der Waals surface area contributed by atoms with Crippen LogP contribution in [0.15, 0.2) is 40.9 Å². The second-order valence-corrected chi connectivity index (χ2v) is 5.75. The number of hydrogen-bond donors (Lipinski definition) is 1. The number of carbonyl (C=O) groups excluding carboxylic acids is 1. The Balaban J connectivity index is 2.03. The third-order valence-corrected chi connectivity index (χ3v) is 4.03. The maximum absolute atomic E-state index is 11.9. The summed E-state index contributed by atoms with van der Waals surface area (Å²) in [4.78, 5) is 22.4. The Morgan fingerprint density at radius 2 is 2.04 bits per heavy atom. The lowest BCUT2D eigenvalue weighted by molar-refractivity contribution is -0.385. The van der Waals surface area contributed by atoms with Crippen LogP contribution < -0.4 is 14.8 Å². The van der Waals surface area contributed by atoms with Gasteiger partial charge in [-0.05, 0) is 36.8 Å². The van der Waals surface area contributed by atoms with E-state index in [1.807, 2.05) is 13.0 Å². The van der Waals surface area contributed by atoms with Crippen molar-refractivity contribution in [3.63, 3.8) is 0 Å². The molecule has 0 spiro atoms. The molecular formula is C16H15BrN2O5. The Morgan fingerprint density at radius 3 is 2.67 bits per heavy atom. The van der Waals surface area contributed by atoms with Gasteiger partial charge in [0.25, 0.3) is 5.91 Å². The van der Waals surface area contributed by atoms with Crippen molar-refractivity contribution in [3.05, 3.63) is 56.5 Å². The van der Waals surface area contributed by atoms with Gasteiger partial charge in [-0.1, -0.05) is 22.0 Å². The van der Waals surface area contributed by atoms with Crippen molar-refractivity contribution in [1.29, 1.82) is 0 Å². The molecule has 0 aliphatic heterocycles. The third-order valence-electron chi connectivity index (χ3n) is 3.18. The first kappa shape index (κ1) is 17.7. The van der Waals surface area contributed by atoms with E-state index < -0.39 is 10.8 Å². The number of ether oxygens (including phenoxy) is 2. The number of nitro benzene ring substituents is 1. The molecule has 0 bridgehead atoms. The first-order valence-corrected chi connectivity index (χ1v) is 7.71. The third kappa shape index (κ3) is 4.45. The molecule has 0 heterocycles. The number of nitrogens with one attached hydrogen (secondary N) is 1. The molecule has 8 heteroatoms. The quantitative estimate of drug-likeness (QED) is 0.595. The fourth-order valence-corrected chi connectivity index (χ4v) is 2.28. The monoisotopic (exact) mass is 394 g/mol. The molecule has 0 fully saturated rings. The minimum absolute atomic E-state index is 0.000960. The lowest BCUT2D eigenvalue weighted by Crippen LogP contribution is -2.20. The zero-order valence-corrected chi connectivity index (χ0v) is 14.6. The number of anilines is 1. The molecule has 0 radical (unpaired) electrons. The van der Waals surface area contributed by atoms with Gasteiger partial charge in [-0.25, -0.2) is 0 Å². The van der Waals surface area contributed by atoms with Crippen molar-refractivity contribution in [2.75, 3.05) is 19.0 Å². The van der Waals surface area contributed by atoms with Crippen LogP contribution in [-0.2, 0) is 4.79 Å². The molecule has 0 saturated heterocycles. The average Bonchev–Trinajstić information content (AvgIpc) is 2.56. The van der Waals surface area contributed by atoms with Crippen molar-refractivity contribution in [2.24, 2.45) is 0 Å². The Hall–Kier alpha value is -2.61. The maximum atomic E-state index is 11.9. The lowest BCUT2D eigenvalue weighted by atomic mass is 10.2. The molecule has 1 N–H and O–H groups in total. The summed E-state index contributed by atoms with van der Waals surface area (Å²) in [5, 5.41) is 13.7. The standard InChI is InChI=1S/C16H15BrN2O5/c1-10-3-4-11(7-13(10)17)18-16(20)9-24-15-6-5-12(23-2)8-14(15)19(21)22/h3-8H,9H2,1-2H3,(H,18,20). The molecule has 2 aromatic carbocycles. The molecule has 7 nitrogen and oxygen atoms in total. The molecule has 0 aliphatic rings. The van der Waals surface area contributed by atoms with Crippen LogP contribution in [0.1, 0.15) is 5.56 Å². The summed E-state index contributed by atoms with van der Waals surface area (Å²) >= 11 is 3.38. The minimum atomic E-state index is -0.590. The van der Waals surface area contributed by atoms with Gasteiger partial charge in [-0.3, -0.25) is 14.9 Å². The van der Waals surface area contributed by atoms with Crippen LogP contribution in [0.3, 0.4) is 0 Å². The second-order valence-electron chi connectivity index (χ2n) is 4.89. The van der Waals surface area contributed by atoms with Crippen molar-refractivity contribution >= 4 is 33.2 Å². The summed E-state index contributed by atoms with van der Waals surface area (Å²) in [5.74, 6) is -0.0834. The van der Waals surface area contributed by atoms with Gasteiger partial charge in [0.05, 0.1) is 18.1 Å². The first-order valence-electron chi connectivity index (χ1n) is 6.92. The van der Waals surface area contributed by atoms with E-state index in [0.717, 1.165) is 10.0 Å². The van der Waals surface area contributed by atoms with Crippen molar-refractivity contribution in [2.45, 2.75) is 6.92 Å². The number of amides is 1. The van der Waals surface area contributed by atoms with Gasteiger partial charge >= 0.3 is 5.69 Å². The predicted molar refractivity (Wildman–Crippen MR) is 92.7 cm³/mol. The number of methoxy groups -OCH3 is 1. The molecule has 126 valence electrons. The Bertz CT molecular complexity index is 779. The summed E-state index contributed by atoms with van der Waals surface area (Å²) < 4.78 is 11.1. The van der Waals surface area contributed by atoms with Gasteiger partial charge in [-0.15, -0.1) is 0 Å². The van der Waals surface area contributed by atoms with Crippen LogP contribution in [0.5, 0.6) is 11.5 Å². The average molecular weight is 395 g/mol. The van der Waals surface area contributed by atoms with Gasteiger partial charge in [0, 0.05) is 10.2 Å². The second kappa shape index (κ2) is 7.78. The minimum Gasteiger partial charge on any atom is -0.496 e. The molecule has 0 unspecified atom stereocenters. The van der Waals surface area contributed by atoms with Gasteiger partial charge in [0.15, 0.2) is 12.4 Å². The summed E-state index contributed by atoms with van der Waals surface area (Å²) in [6, 6.07) is 9.54. The highest BCUT2D eigenvalue weighted by molar-refractivity contribution is 9.10. The molecule has 24 heavy (non-hydrogen) atoms. The largest absolute Gasteiger partial charge is 0.496 e. The molecule has 2 rings (SSSR count). The highest BCUT2D eigenvalue weighted by atomic mass is 79.9. The van der Waals surface area contributed by atoms with E-state index in [2.05, 4.69) is 21.2 Å². The van der Waals surface area contributed by atoms with E-state index in [1.54, 1.807) is 12.1 Å². The van der Waals surface area contributed by atoms with Crippen LogP contribution in [0.4, 0.5) is 11.4 Å². The fourth-order valence-electron chi connectivity index (χ4n) is 1.90.